The van der Waals surface area contributed by atoms with E-state index in [1.807, 2.05) is 0 Å². The van der Waals surface area contributed by atoms with Crippen LogP contribution in [-0.4, -0.2) is 34.0 Å². The molecule has 3 rings (SSSR count). The smallest absolute Gasteiger partial charge is 0.264 e. The number of carbonyl (C=O) groups excluding carboxylic acids is 1. The summed E-state index contributed by atoms with van der Waals surface area (Å²) in [6.07, 6.45) is 0. The quantitative estimate of drug-likeness (QED) is 0.439. The van der Waals surface area contributed by atoms with Gasteiger partial charge in [-0.3, -0.25) is 9.10 Å². The minimum atomic E-state index is -3.98. The average molecular weight is 493 g/mol. The lowest BCUT2D eigenvalue weighted by Gasteiger charge is -2.25. The van der Waals surface area contributed by atoms with Gasteiger partial charge in [0.25, 0.3) is 10.0 Å². The van der Waals surface area contributed by atoms with E-state index in [1.165, 1.54) is 12.1 Å². The number of rotatable bonds is 9. The molecule has 0 atom stereocenters. The number of aryl methyl sites for hydroxylation is 1. The van der Waals surface area contributed by atoms with Crippen LogP contribution in [0.3, 0.4) is 0 Å². The zero-order valence-electron chi connectivity index (χ0n) is 17.3. The lowest BCUT2D eigenvalue weighted by molar-refractivity contribution is -0.119. The summed E-state index contributed by atoms with van der Waals surface area (Å²) in [5.74, 6) is 0.0371. The first-order valence-corrected chi connectivity index (χ1v) is 12.0. The second-order valence-corrected chi connectivity index (χ2v) is 9.59. The minimum Gasteiger partial charge on any atom is -0.490 e. The molecule has 6 nitrogen and oxygen atoms in total. The number of halogens is 2. The molecule has 0 bridgehead atoms. The maximum absolute atomic E-state index is 13.3. The highest BCUT2D eigenvalue weighted by Crippen LogP contribution is 2.28. The monoisotopic (exact) mass is 492 g/mol. The number of amides is 1. The van der Waals surface area contributed by atoms with Gasteiger partial charge in [-0.1, -0.05) is 53.5 Å². The first-order valence-electron chi connectivity index (χ1n) is 9.77. The van der Waals surface area contributed by atoms with Gasteiger partial charge in [-0.05, 0) is 55.0 Å². The average Bonchev–Trinajstić information content (AvgIpc) is 2.77. The third kappa shape index (κ3) is 5.94. The Kier molecular flexibility index (Phi) is 8.01. The summed E-state index contributed by atoms with van der Waals surface area (Å²) in [6, 6.07) is 19.8. The molecule has 0 fully saturated rings. The molecular weight excluding hydrogens is 471 g/mol. The summed E-state index contributed by atoms with van der Waals surface area (Å²) in [6.45, 7) is 1.71. The first-order chi connectivity index (χ1) is 15.3. The number of para-hydroxylation sites is 1. The Bertz CT molecular complexity index is 1190. The van der Waals surface area contributed by atoms with Crippen molar-refractivity contribution < 1.29 is 17.9 Å². The van der Waals surface area contributed by atoms with E-state index in [2.05, 4.69) is 5.32 Å². The fourth-order valence-electron chi connectivity index (χ4n) is 3.02. The molecule has 0 aliphatic carbocycles. The van der Waals surface area contributed by atoms with E-state index in [9.17, 15) is 13.2 Å². The number of ether oxygens (including phenoxy) is 1. The predicted molar refractivity (Wildman–Crippen MR) is 127 cm³/mol. The molecule has 0 aliphatic rings. The van der Waals surface area contributed by atoms with Crippen LogP contribution in [0.1, 0.15) is 5.56 Å². The Hall–Kier alpha value is -2.74. The minimum absolute atomic E-state index is 0.0872. The molecule has 32 heavy (non-hydrogen) atoms. The van der Waals surface area contributed by atoms with Gasteiger partial charge in [0.05, 0.1) is 22.2 Å². The van der Waals surface area contributed by atoms with Gasteiger partial charge in [0.1, 0.15) is 18.9 Å². The summed E-state index contributed by atoms with van der Waals surface area (Å²) in [7, 11) is -3.98. The molecule has 3 aromatic rings. The standard InChI is InChI=1S/C23H22Cl2N2O4S/c1-17-15-18(24)11-12-21(17)27(32(29,30)19-7-3-2-4-8-19)16-23(28)26-13-14-31-22-10-6-5-9-20(22)25/h2-12,15H,13-14,16H2,1H3,(H,26,28). The number of hydrogen-bond acceptors (Lipinski definition) is 4. The van der Waals surface area contributed by atoms with Crippen LogP contribution < -0.4 is 14.4 Å². The fraction of sp³-hybridized carbons (Fsp3) is 0.174. The van der Waals surface area contributed by atoms with Crippen LogP contribution in [-0.2, 0) is 14.8 Å². The zero-order valence-corrected chi connectivity index (χ0v) is 19.6. The van der Waals surface area contributed by atoms with Crippen molar-refractivity contribution in [1.82, 2.24) is 5.32 Å². The molecule has 0 aliphatic heterocycles. The molecule has 0 heterocycles. The Morgan fingerprint density at radius 3 is 2.38 bits per heavy atom. The van der Waals surface area contributed by atoms with E-state index in [0.29, 0.717) is 27.0 Å². The van der Waals surface area contributed by atoms with Crippen molar-refractivity contribution in [2.45, 2.75) is 11.8 Å². The number of sulfonamides is 1. The van der Waals surface area contributed by atoms with Gasteiger partial charge in [0.15, 0.2) is 0 Å². The molecule has 0 radical (unpaired) electrons. The van der Waals surface area contributed by atoms with E-state index in [1.54, 1.807) is 67.6 Å². The molecule has 1 amide bonds. The van der Waals surface area contributed by atoms with Gasteiger partial charge in [-0.25, -0.2) is 8.42 Å². The zero-order chi connectivity index (χ0) is 23.1. The van der Waals surface area contributed by atoms with Crippen LogP contribution in [0.5, 0.6) is 5.75 Å². The fourth-order valence-corrected chi connectivity index (χ4v) is 4.94. The van der Waals surface area contributed by atoms with Crippen LogP contribution in [0.2, 0.25) is 10.0 Å². The Balaban J connectivity index is 1.74. The molecule has 3 aromatic carbocycles. The highest BCUT2D eigenvalue weighted by atomic mass is 35.5. The second kappa shape index (κ2) is 10.7. The SMILES string of the molecule is Cc1cc(Cl)ccc1N(CC(=O)NCCOc1ccccc1Cl)S(=O)(=O)c1ccccc1. The van der Waals surface area contributed by atoms with E-state index in [4.69, 9.17) is 27.9 Å². The number of benzene rings is 3. The molecule has 0 saturated heterocycles. The molecule has 0 saturated carbocycles. The number of nitrogens with zero attached hydrogens (tertiary/aromatic N) is 1. The van der Waals surface area contributed by atoms with Crippen molar-refractivity contribution in [3.8, 4) is 5.75 Å². The summed E-state index contributed by atoms with van der Waals surface area (Å²) in [4.78, 5) is 12.7. The summed E-state index contributed by atoms with van der Waals surface area (Å²) in [5, 5.41) is 3.63. The molecule has 1 N–H and O–H groups in total. The number of hydrogen-bond donors (Lipinski definition) is 1. The van der Waals surface area contributed by atoms with Gasteiger partial charge in [-0.15, -0.1) is 0 Å². The van der Waals surface area contributed by atoms with Crippen molar-refractivity contribution in [1.29, 1.82) is 0 Å². The highest BCUT2D eigenvalue weighted by Gasteiger charge is 2.28. The summed E-state index contributed by atoms with van der Waals surface area (Å²) < 4.78 is 33.3. The Labute approximate surface area is 197 Å². The lowest BCUT2D eigenvalue weighted by Crippen LogP contribution is -2.42. The molecule has 0 aromatic heterocycles. The number of nitrogens with one attached hydrogen (secondary N) is 1. The van der Waals surface area contributed by atoms with E-state index in [0.717, 1.165) is 4.31 Å². The first kappa shape index (κ1) is 23.9. The molecule has 0 spiro atoms. The second-order valence-electron chi connectivity index (χ2n) is 6.88. The third-order valence-electron chi connectivity index (χ3n) is 4.56. The van der Waals surface area contributed by atoms with Gasteiger partial charge in [0, 0.05) is 5.02 Å². The van der Waals surface area contributed by atoms with Gasteiger partial charge in [-0.2, -0.15) is 0 Å². The van der Waals surface area contributed by atoms with E-state index < -0.39 is 22.5 Å². The largest absolute Gasteiger partial charge is 0.490 e. The molecule has 9 heteroatoms. The van der Waals surface area contributed by atoms with Crippen molar-refractivity contribution in [3.63, 3.8) is 0 Å². The van der Waals surface area contributed by atoms with E-state index in [-0.39, 0.29) is 18.0 Å². The van der Waals surface area contributed by atoms with Crippen LogP contribution >= 0.6 is 23.2 Å². The summed E-state index contributed by atoms with van der Waals surface area (Å²) in [5.41, 5.74) is 1.01. The normalized spacial score (nSPS) is 11.1. The molecule has 0 unspecified atom stereocenters. The Morgan fingerprint density at radius 2 is 1.69 bits per heavy atom. The maximum atomic E-state index is 13.3. The van der Waals surface area contributed by atoms with Crippen molar-refractivity contribution in [3.05, 3.63) is 88.4 Å². The van der Waals surface area contributed by atoms with Crippen molar-refractivity contribution >= 4 is 44.8 Å². The summed E-state index contributed by atoms with van der Waals surface area (Å²) >= 11 is 12.1. The maximum Gasteiger partial charge on any atom is 0.264 e. The van der Waals surface area contributed by atoms with Gasteiger partial charge < -0.3 is 10.1 Å². The van der Waals surface area contributed by atoms with Gasteiger partial charge >= 0.3 is 0 Å². The molecule has 168 valence electrons. The Morgan fingerprint density at radius 1 is 1.00 bits per heavy atom. The topological polar surface area (TPSA) is 75.7 Å². The predicted octanol–water partition coefficient (Wildman–Crippen LogP) is 4.69. The van der Waals surface area contributed by atoms with Crippen LogP contribution in [0.15, 0.2) is 77.7 Å². The van der Waals surface area contributed by atoms with Crippen molar-refractivity contribution in [2.24, 2.45) is 0 Å². The van der Waals surface area contributed by atoms with E-state index >= 15 is 0 Å². The van der Waals surface area contributed by atoms with Gasteiger partial charge in [0.2, 0.25) is 5.91 Å². The highest BCUT2D eigenvalue weighted by molar-refractivity contribution is 7.92. The van der Waals surface area contributed by atoms with Crippen LogP contribution in [0.4, 0.5) is 5.69 Å². The number of carbonyl (C=O) groups is 1. The lowest BCUT2D eigenvalue weighted by atomic mass is 10.2. The molecular formula is C23H22Cl2N2O4S. The van der Waals surface area contributed by atoms with Crippen molar-refractivity contribution in [2.75, 3.05) is 24.0 Å². The van der Waals surface area contributed by atoms with Crippen LogP contribution in [0.25, 0.3) is 0 Å². The van der Waals surface area contributed by atoms with Crippen LogP contribution in [0, 0.1) is 6.92 Å². The third-order valence-corrected chi connectivity index (χ3v) is 6.89. The number of anilines is 1.